The third-order valence-corrected chi connectivity index (χ3v) is 6.47. The van der Waals surface area contributed by atoms with Crippen LogP contribution in [0.5, 0.6) is 11.5 Å². The number of aromatic hydroxyl groups is 2. The maximum Gasteiger partial charge on any atom is 0.123 e. The van der Waals surface area contributed by atoms with E-state index in [9.17, 15) is 10.2 Å². The van der Waals surface area contributed by atoms with Gasteiger partial charge < -0.3 is 10.2 Å². The van der Waals surface area contributed by atoms with Gasteiger partial charge in [0.1, 0.15) is 11.5 Å². The lowest BCUT2D eigenvalue weighted by Gasteiger charge is -2.32. The Morgan fingerprint density at radius 3 is 1.47 bits per heavy atom. The van der Waals surface area contributed by atoms with Gasteiger partial charge in [0.15, 0.2) is 0 Å². The minimum absolute atomic E-state index is 0.259. The summed E-state index contributed by atoms with van der Waals surface area (Å²) < 4.78 is 0. The van der Waals surface area contributed by atoms with Crippen molar-refractivity contribution >= 4 is 0 Å². The van der Waals surface area contributed by atoms with Crippen LogP contribution < -0.4 is 0 Å². The first-order valence-corrected chi connectivity index (χ1v) is 11.3. The zero-order chi connectivity index (χ0) is 22.6. The second kappa shape index (κ2) is 9.32. The van der Waals surface area contributed by atoms with Crippen molar-refractivity contribution in [3.63, 3.8) is 0 Å². The predicted octanol–water partition coefficient (Wildman–Crippen LogP) is 7.93. The summed E-state index contributed by atoms with van der Waals surface area (Å²) in [6, 6.07) is 31.9. The summed E-state index contributed by atoms with van der Waals surface area (Å²) in [4.78, 5) is 0. The molecule has 0 unspecified atom stereocenters. The minimum Gasteiger partial charge on any atom is -0.507 e. The first kappa shape index (κ1) is 21.7. The number of hydrogen-bond donors (Lipinski definition) is 2. The monoisotopic (exact) mass is 422 g/mol. The van der Waals surface area contributed by atoms with Gasteiger partial charge in [0.2, 0.25) is 0 Å². The van der Waals surface area contributed by atoms with Crippen molar-refractivity contribution in [2.75, 3.05) is 0 Å². The molecule has 0 aliphatic rings. The molecule has 32 heavy (non-hydrogen) atoms. The molecule has 4 aromatic carbocycles. The van der Waals surface area contributed by atoms with Crippen molar-refractivity contribution in [1.82, 2.24) is 0 Å². The molecule has 162 valence electrons. The van der Waals surface area contributed by atoms with Gasteiger partial charge in [-0.25, -0.2) is 0 Å². The summed E-state index contributed by atoms with van der Waals surface area (Å²) in [7, 11) is 0. The quantitative estimate of drug-likeness (QED) is 0.317. The third-order valence-electron chi connectivity index (χ3n) is 6.47. The van der Waals surface area contributed by atoms with Gasteiger partial charge in [0.25, 0.3) is 0 Å². The highest BCUT2D eigenvalue weighted by Crippen LogP contribution is 2.43. The fourth-order valence-corrected chi connectivity index (χ4v) is 4.44. The standard InChI is InChI=1S/C30H30O2/c1-3-4-19-30(2,24-15-17-28(31)26(20-24)22-11-7-5-8-12-22)25-16-18-29(32)27(21-25)23-13-9-6-10-14-23/h5-18,20-21,31-32H,3-4,19H2,1-2H3. The highest BCUT2D eigenvalue weighted by atomic mass is 16.3. The summed E-state index contributed by atoms with van der Waals surface area (Å²) >= 11 is 0. The molecule has 0 bridgehead atoms. The van der Waals surface area contributed by atoms with E-state index in [0.29, 0.717) is 0 Å². The van der Waals surface area contributed by atoms with Crippen LogP contribution in [0.1, 0.15) is 44.2 Å². The molecule has 4 aromatic rings. The topological polar surface area (TPSA) is 40.5 Å². The van der Waals surface area contributed by atoms with Crippen LogP contribution in [0.2, 0.25) is 0 Å². The second-order valence-electron chi connectivity index (χ2n) is 8.63. The van der Waals surface area contributed by atoms with Crippen molar-refractivity contribution in [2.24, 2.45) is 0 Å². The molecule has 0 amide bonds. The molecule has 0 aliphatic carbocycles. The number of unbranched alkanes of at least 4 members (excludes halogenated alkanes) is 1. The number of benzene rings is 4. The van der Waals surface area contributed by atoms with Gasteiger partial charge in [-0.3, -0.25) is 0 Å². The number of phenolic OH excluding ortho intramolecular Hbond substituents is 2. The van der Waals surface area contributed by atoms with Crippen LogP contribution >= 0.6 is 0 Å². The smallest absolute Gasteiger partial charge is 0.123 e. The number of phenols is 2. The Bertz CT molecular complexity index is 1090. The normalized spacial score (nSPS) is 11.4. The lowest BCUT2D eigenvalue weighted by molar-refractivity contribution is 0.469. The fourth-order valence-electron chi connectivity index (χ4n) is 4.44. The van der Waals surface area contributed by atoms with E-state index in [1.807, 2.05) is 72.8 Å². The van der Waals surface area contributed by atoms with Gasteiger partial charge in [-0.15, -0.1) is 0 Å². The molecule has 0 heterocycles. The average molecular weight is 423 g/mol. The number of hydrogen-bond acceptors (Lipinski definition) is 2. The highest BCUT2D eigenvalue weighted by Gasteiger charge is 2.30. The van der Waals surface area contributed by atoms with Crippen molar-refractivity contribution in [3.05, 3.63) is 108 Å². The van der Waals surface area contributed by atoms with E-state index in [1.54, 1.807) is 12.1 Å². The van der Waals surface area contributed by atoms with Crippen molar-refractivity contribution < 1.29 is 10.2 Å². The second-order valence-corrected chi connectivity index (χ2v) is 8.63. The van der Waals surface area contributed by atoms with E-state index >= 15 is 0 Å². The Labute approximate surface area is 190 Å². The van der Waals surface area contributed by atoms with E-state index in [2.05, 4.69) is 26.0 Å². The third kappa shape index (κ3) is 4.27. The summed E-state index contributed by atoms with van der Waals surface area (Å²) in [5, 5.41) is 21.2. The molecule has 0 aromatic heterocycles. The fraction of sp³-hybridized carbons (Fsp3) is 0.200. The molecule has 0 saturated carbocycles. The molecule has 0 saturated heterocycles. The van der Waals surface area contributed by atoms with Crippen molar-refractivity contribution in [3.8, 4) is 33.8 Å². The lowest BCUT2D eigenvalue weighted by Crippen LogP contribution is -2.24. The van der Waals surface area contributed by atoms with Crippen LogP contribution in [0.15, 0.2) is 97.1 Å². The maximum atomic E-state index is 10.6. The number of rotatable bonds is 7. The average Bonchev–Trinajstić information content (AvgIpc) is 2.84. The van der Waals surface area contributed by atoms with Gasteiger partial charge >= 0.3 is 0 Å². The molecule has 0 aliphatic heterocycles. The summed E-state index contributed by atoms with van der Waals surface area (Å²) in [5.74, 6) is 0.571. The Balaban J connectivity index is 1.86. The van der Waals surface area contributed by atoms with Crippen LogP contribution in [0.25, 0.3) is 22.3 Å². The highest BCUT2D eigenvalue weighted by molar-refractivity contribution is 5.73. The largest absolute Gasteiger partial charge is 0.507 e. The molecular formula is C30H30O2. The summed E-state index contributed by atoms with van der Waals surface area (Å²) in [6.07, 6.45) is 3.16. The maximum absolute atomic E-state index is 10.6. The van der Waals surface area contributed by atoms with E-state index in [1.165, 1.54) is 0 Å². The Morgan fingerprint density at radius 2 is 1.06 bits per heavy atom. The molecule has 0 radical (unpaired) electrons. The molecule has 2 N–H and O–H groups in total. The van der Waals surface area contributed by atoms with Crippen LogP contribution in [-0.2, 0) is 5.41 Å². The lowest BCUT2D eigenvalue weighted by atomic mass is 9.71. The zero-order valence-corrected chi connectivity index (χ0v) is 18.8. The first-order valence-electron chi connectivity index (χ1n) is 11.3. The van der Waals surface area contributed by atoms with Gasteiger partial charge in [-0.2, -0.15) is 0 Å². The predicted molar refractivity (Wildman–Crippen MR) is 133 cm³/mol. The Hall–Kier alpha value is -3.52. The minimum atomic E-state index is -0.259. The van der Waals surface area contributed by atoms with Gasteiger partial charge in [0, 0.05) is 16.5 Å². The zero-order valence-electron chi connectivity index (χ0n) is 18.8. The van der Waals surface area contributed by atoms with E-state index in [0.717, 1.165) is 52.6 Å². The molecule has 4 rings (SSSR count). The van der Waals surface area contributed by atoms with E-state index in [4.69, 9.17) is 0 Å². The van der Waals surface area contributed by atoms with Crippen molar-refractivity contribution in [2.45, 2.75) is 38.5 Å². The molecule has 0 atom stereocenters. The van der Waals surface area contributed by atoms with Crippen molar-refractivity contribution in [1.29, 1.82) is 0 Å². The molecule has 0 fully saturated rings. The molecule has 0 spiro atoms. The van der Waals surface area contributed by atoms with Gasteiger partial charge in [-0.05, 0) is 52.9 Å². The summed E-state index contributed by atoms with van der Waals surface area (Å²) in [6.45, 7) is 4.48. The Kier molecular flexibility index (Phi) is 6.32. The van der Waals surface area contributed by atoms with Crippen LogP contribution in [0.3, 0.4) is 0 Å². The van der Waals surface area contributed by atoms with Crippen LogP contribution in [0, 0.1) is 0 Å². The summed E-state index contributed by atoms with van der Waals surface area (Å²) in [5.41, 5.74) is 5.74. The SMILES string of the molecule is CCCCC(C)(c1ccc(O)c(-c2ccccc2)c1)c1ccc(O)c(-c2ccccc2)c1. The van der Waals surface area contributed by atoms with Gasteiger partial charge in [0.05, 0.1) is 0 Å². The molecular weight excluding hydrogens is 392 g/mol. The van der Waals surface area contributed by atoms with Gasteiger partial charge in [-0.1, -0.05) is 99.5 Å². The van der Waals surface area contributed by atoms with Crippen LogP contribution in [0.4, 0.5) is 0 Å². The first-order chi connectivity index (χ1) is 15.5. The molecule has 2 nitrogen and oxygen atoms in total. The van der Waals surface area contributed by atoms with E-state index in [-0.39, 0.29) is 16.9 Å². The van der Waals surface area contributed by atoms with E-state index < -0.39 is 0 Å². The molecule has 2 heteroatoms. The Morgan fingerprint density at radius 1 is 0.625 bits per heavy atom. The van der Waals surface area contributed by atoms with Crippen LogP contribution in [-0.4, -0.2) is 10.2 Å².